The van der Waals surface area contributed by atoms with E-state index in [1.54, 1.807) is 0 Å². The molecule has 1 saturated carbocycles. The van der Waals surface area contributed by atoms with Crippen molar-refractivity contribution in [2.75, 3.05) is 25.5 Å². The molecule has 2 nitrogen and oxygen atoms in total. The largest absolute Gasteiger partial charge is 0.375 e. The van der Waals surface area contributed by atoms with Gasteiger partial charge in [-0.2, -0.15) is 0 Å². The number of rotatable bonds is 6. The van der Waals surface area contributed by atoms with Gasteiger partial charge in [-0.05, 0) is 56.3 Å². The number of nitrogens with one attached hydrogen (secondary N) is 1. The molecular formula is C17H28N2. The van der Waals surface area contributed by atoms with E-state index in [0.29, 0.717) is 0 Å². The van der Waals surface area contributed by atoms with Crippen LogP contribution in [0.15, 0.2) is 24.3 Å². The molecule has 2 atom stereocenters. The third-order valence-electron chi connectivity index (χ3n) is 4.65. The van der Waals surface area contributed by atoms with Crippen LogP contribution in [0.1, 0.15) is 38.2 Å². The first-order chi connectivity index (χ1) is 9.24. The molecule has 2 heteroatoms. The van der Waals surface area contributed by atoms with Crippen LogP contribution in [-0.4, -0.2) is 26.7 Å². The molecule has 1 aromatic rings. The molecule has 1 aliphatic rings. The third kappa shape index (κ3) is 3.73. The van der Waals surface area contributed by atoms with Crippen LogP contribution in [0.25, 0.3) is 0 Å². The van der Waals surface area contributed by atoms with Gasteiger partial charge in [0.05, 0.1) is 0 Å². The van der Waals surface area contributed by atoms with Gasteiger partial charge in [0, 0.05) is 25.3 Å². The van der Waals surface area contributed by atoms with E-state index in [-0.39, 0.29) is 0 Å². The number of nitrogens with zero attached hydrogens (tertiary/aromatic N) is 1. The number of anilines is 1. The number of hydrogen-bond acceptors (Lipinski definition) is 2. The normalized spacial score (nSPS) is 22.7. The Kier molecular flexibility index (Phi) is 5.26. The molecule has 1 aliphatic carbocycles. The maximum Gasteiger partial charge on any atom is 0.0363 e. The summed E-state index contributed by atoms with van der Waals surface area (Å²) < 4.78 is 0. The van der Waals surface area contributed by atoms with Crippen LogP contribution in [-0.2, 0) is 6.42 Å². The highest BCUT2D eigenvalue weighted by Crippen LogP contribution is 2.28. The molecule has 2 rings (SSSR count). The summed E-state index contributed by atoms with van der Waals surface area (Å²) in [6.45, 7) is 3.37. The molecule has 106 valence electrons. The Morgan fingerprint density at radius 1 is 1.21 bits per heavy atom. The molecule has 19 heavy (non-hydrogen) atoms. The number of hydrogen-bond donors (Lipinski definition) is 1. The van der Waals surface area contributed by atoms with Gasteiger partial charge in [-0.1, -0.05) is 25.5 Å². The van der Waals surface area contributed by atoms with E-state index in [2.05, 4.69) is 55.5 Å². The van der Waals surface area contributed by atoms with E-state index in [4.69, 9.17) is 0 Å². The zero-order valence-corrected chi connectivity index (χ0v) is 12.7. The fourth-order valence-corrected chi connectivity index (χ4v) is 3.24. The highest BCUT2D eigenvalue weighted by atomic mass is 15.1. The van der Waals surface area contributed by atoms with E-state index < -0.39 is 0 Å². The van der Waals surface area contributed by atoms with Crippen LogP contribution in [0.2, 0.25) is 0 Å². The first kappa shape index (κ1) is 14.4. The van der Waals surface area contributed by atoms with E-state index in [9.17, 15) is 0 Å². The number of aryl methyl sites for hydroxylation is 1. The minimum absolute atomic E-state index is 0.746. The van der Waals surface area contributed by atoms with Crippen molar-refractivity contribution < 1.29 is 0 Å². The third-order valence-corrected chi connectivity index (χ3v) is 4.65. The fraction of sp³-hybridized carbons (Fsp3) is 0.647. The Bertz CT molecular complexity index is 371. The van der Waals surface area contributed by atoms with Crippen molar-refractivity contribution in [1.29, 1.82) is 0 Å². The summed E-state index contributed by atoms with van der Waals surface area (Å²) in [7, 11) is 4.32. The molecule has 0 bridgehead atoms. The topological polar surface area (TPSA) is 15.3 Å². The molecular weight excluding hydrogens is 232 g/mol. The van der Waals surface area contributed by atoms with Crippen LogP contribution >= 0.6 is 0 Å². The Balaban J connectivity index is 1.84. The molecule has 0 saturated heterocycles. The summed E-state index contributed by atoms with van der Waals surface area (Å²) in [5.74, 6) is 0.863. The second-order valence-corrected chi connectivity index (χ2v) is 5.82. The predicted molar refractivity (Wildman–Crippen MR) is 83.9 cm³/mol. The Hall–Kier alpha value is -1.02. The first-order valence-electron chi connectivity index (χ1n) is 7.72. The molecule has 0 heterocycles. The minimum Gasteiger partial charge on any atom is -0.375 e. The van der Waals surface area contributed by atoms with Crippen molar-refractivity contribution in [2.24, 2.45) is 5.92 Å². The van der Waals surface area contributed by atoms with Gasteiger partial charge in [-0.15, -0.1) is 0 Å². The van der Waals surface area contributed by atoms with Gasteiger partial charge in [-0.3, -0.25) is 0 Å². The molecule has 0 amide bonds. The van der Waals surface area contributed by atoms with Crippen molar-refractivity contribution in [3.63, 3.8) is 0 Å². The molecule has 0 aromatic heterocycles. The van der Waals surface area contributed by atoms with Gasteiger partial charge < -0.3 is 10.2 Å². The lowest BCUT2D eigenvalue weighted by Crippen LogP contribution is -2.31. The number of benzene rings is 1. The highest BCUT2D eigenvalue weighted by molar-refractivity contribution is 5.46. The quantitative estimate of drug-likeness (QED) is 0.842. The van der Waals surface area contributed by atoms with Crippen LogP contribution in [0, 0.1) is 5.92 Å². The SMILES string of the molecule is CCc1ccc(N(C)CCC2CCCC2NC)cc1. The van der Waals surface area contributed by atoms with E-state index in [1.165, 1.54) is 36.9 Å². The summed E-state index contributed by atoms with van der Waals surface area (Å²) in [6.07, 6.45) is 6.57. The van der Waals surface area contributed by atoms with Crippen molar-refractivity contribution >= 4 is 5.69 Å². The second kappa shape index (κ2) is 6.95. The maximum atomic E-state index is 3.47. The monoisotopic (exact) mass is 260 g/mol. The van der Waals surface area contributed by atoms with Crippen LogP contribution in [0.3, 0.4) is 0 Å². The van der Waals surface area contributed by atoms with Crippen molar-refractivity contribution in [2.45, 2.75) is 45.1 Å². The summed E-state index contributed by atoms with van der Waals surface area (Å²) in [4.78, 5) is 2.39. The lowest BCUT2D eigenvalue weighted by Gasteiger charge is -2.24. The Morgan fingerprint density at radius 2 is 1.95 bits per heavy atom. The average Bonchev–Trinajstić information content (AvgIpc) is 2.92. The lowest BCUT2D eigenvalue weighted by atomic mass is 9.99. The molecule has 0 spiro atoms. The van der Waals surface area contributed by atoms with Gasteiger partial charge in [0.2, 0.25) is 0 Å². The zero-order chi connectivity index (χ0) is 13.7. The lowest BCUT2D eigenvalue weighted by molar-refractivity contribution is 0.403. The fourth-order valence-electron chi connectivity index (χ4n) is 3.24. The van der Waals surface area contributed by atoms with Gasteiger partial charge in [0.25, 0.3) is 0 Å². The van der Waals surface area contributed by atoms with Crippen LogP contribution in [0.5, 0.6) is 0 Å². The van der Waals surface area contributed by atoms with Crippen molar-refractivity contribution in [3.8, 4) is 0 Å². The molecule has 1 fully saturated rings. The summed E-state index contributed by atoms with van der Waals surface area (Å²) in [5.41, 5.74) is 2.76. The average molecular weight is 260 g/mol. The van der Waals surface area contributed by atoms with E-state index in [0.717, 1.165) is 24.9 Å². The molecule has 0 radical (unpaired) electrons. The van der Waals surface area contributed by atoms with Crippen molar-refractivity contribution in [3.05, 3.63) is 29.8 Å². The molecule has 1 N–H and O–H groups in total. The van der Waals surface area contributed by atoms with Gasteiger partial charge >= 0.3 is 0 Å². The first-order valence-corrected chi connectivity index (χ1v) is 7.72. The molecule has 1 aromatic carbocycles. The van der Waals surface area contributed by atoms with Gasteiger partial charge in [-0.25, -0.2) is 0 Å². The predicted octanol–water partition coefficient (Wildman–Crippen LogP) is 3.46. The standard InChI is InChI=1S/C17H28N2/c1-4-14-8-10-16(11-9-14)19(3)13-12-15-6-5-7-17(15)18-2/h8-11,15,17-18H,4-7,12-13H2,1-3H3. The van der Waals surface area contributed by atoms with Crippen LogP contribution in [0.4, 0.5) is 5.69 Å². The smallest absolute Gasteiger partial charge is 0.0363 e. The Morgan fingerprint density at radius 3 is 2.58 bits per heavy atom. The summed E-state index contributed by atoms with van der Waals surface area (Å²) in [5, 5.41) is 3.47. The summed E-state index contributed by atoms with van der Waals surface area (Å²) in [6, 6.07) is 9.75. The van der Waals surface area contributed by atoms with Gasteiger partial charge in [0.15, 0.2) is 0 Å². The molecule has 0 aliphatic heterocycles. The maximum absolute atomic E-state index is 3.47. The Labute approximate surface area is 118 Å². The highest BCUT2D eigenvalue weighted by Gasteiger charge is 2.25. The minimum atomic E-state index is 0.746. The van der Waals surface area contributed by atoms with Crippen LogP contribution < -0.4 is 10.2 Å². The second-order valence-electron chi connectivity index (χ2n) is 5.82. The summed E-state index contributed by atoms with van der Waals surface area (Å²) >= 11 is 0. The van der Waals surface area contributed by atoms with E-state index in [1.807, 2.05) is 0 Å². The zero-order valence-electron chi connectivity index (χ0n) is 12.7. The van der Waals surface area contributed by atoms with Crippen molar-refractivity contribution in [1.82, 2.24) is 5.32 Å². The molecule has 2 unspecified atom stereocenters. The van der Waals surface area contributed by atoms with Gasteiger partial charge in [0.1, 0.15) is 0 Å². The van der Waals surface area contributed by atoms with E-state index >= 15 is 0 Å².